The Morgan fingerprint density at radius 3 is 3.05 bits per heavy atom. The highest BCUT2D eigenvalue weighted by molar-refractivity contribution is 7.09. The van der Waals surface area contributed by atoms with Crippen LogP contribution in [0.15, 0.2) is 29.8 Å². The Hall–Kier alpha value is -1.17. The minimum Gasteiger partial charge on any atom is -0.481 e. The van der Waals surface area contributed by atoms with Crippen molar-refractivity contribution in [2.45, 2.75) is 12.5 Å². The fourth-order valence-corrected chi connectivity index (χ4v) is 3.34. The highest BCUT2D eigenvalue weighted by Gasteiger charge is 2.30. The molecule has 106 valence electrons. The second-order valence-corrected chi connectivity index (χ2v) is 6.07. The molecule has 0 bridgehead atoms. The first-order valence-electron chi connectivity index (χ1n) is 6.46. The molecule has 0 saturated carbocycles. The quantitative estimate of drug-likeness (QED) is 0.935. The van der Waals surface area contributed by atoms with Crippen LogP contribution in [0.1, 0.15) is 17.5 Å². The molecule has 20 heavy (non-hydrogen) atoms. The average molecular weight is 313 g/mol. The summed E-state index contributed by atoms with van der Waals surface area (Å²) in [5.41, 5.74) is 0. The standard InChI is InChI=1S/C14H14ClFN2OS/c15-11-7-10(16)1-2-12(11)19-13(9-3-4-17-8-9)14-18-5-6-20-14/h1-2,5-7,9,13,17H,3-4,8H2/t9-,13?/m0/s1. The van der Waals surface area contributed by atoms with Crippen LogP contribution in [0.2, 0.25) is 5.02 Å². The third-order valence-corrected chi connectivity index (χ3v) is 4.50. The van der Waals surface area contributed by atoms with Gasteiger partial charge < -0.3 is 10.1 Å². The molecule has 2 heterocycles. The van der Waals surface area contributed by atoms with E-state index < -0.39 is 0 Å². The van der Waals surface area contributed by atoms with E-state index in [0.717, 1.165) is 24.5 Å². The molecule has 1 saturated heterocycles. The van der Waals surface area contributed by atoms with E-state index >= 15 is 0 Å². The van der Waals surface area contributed by atoms with Gasteiger partial charge in [0.2, 0.25) is 0 Å². The summed E-state index contributed by atoms with van der Waals surface area (Å²) >= 11 is 7.61. The van der Waals surface area contributed by atoms with Crippen LogP contribution >= 0.6 is 22.9 Å². The predicted octanol–water partition coefficient (Wildman–Crippen LogP) is 3.67. The van der Waals surface area contributed by atoms with E-state index in [-0.39, 0.29) is 16.9 Å². The number of nitrogens with zero attached hydrogens (tertiary/aromatic N) is 1. The number of nitrogens with one attached hydrogen (secondary N) is 1. The fraction of sp³-hybridized carbons (Fsp3) is 0.357. The van der Waals surface area contributed by atoms with Crippen molar-refractivity contribution in [3.63, 3.8) is 0 Å². The molecule has 1 aliphatic heterocycles. The summed E-state index contributed by atoms with van der Waals surface area (Å²) in [6.45, 7) is 1.87. The van der Waals surface area contributed by atoms with Crippen molar-refractivity contribution in [3.05, 3.63) is 45.6 Å². The highest BCUT2D eigenvalue weighted by Crippen LogP contribution is 2.36. The van der Waals surface area contributed by atoms with Crippen molar-refractivity contribution in [1.82, 2.24) is 10.3 Å². The monoisotopic (exact) mass is 312 g/mol. The highest BCUT2D eigenvalue weighted by atomic mass is 35.5. The molecule has 1 fully saturated rings. The number of halogens is 2. The minimum atomic E-state index is -0.365. The molecule has 1 aromatic heterocycles. The largest absolute Gasteiger partial charge is 0.481 e. The Labute approximate surface area is 125 Å². The Balaban J connectivity index is 1.86. The van der Waals surface area contributed by atoms with Gasteiger partial charge in [-0.15, -0.1) is 11.3 Å². The van der Waals surface area contributed by atoms with Crippen molar-refractivity contribution < 1.29 is 9.13 Å². The molecule has 2 atom stereocenters. The van der Waals surface area contributed by atoms with E-state index in [0.29, 0.717) is 11.7 Å². The van der Waals surface area contributed by atoms with Crippen LogP contribution in [0.25, 0.3) is 0 Å². The van der Waals surface area contributed by atoms with Gasteiger partial charge in [-0.2, -0.15) is 0 Å². The number of hydrogen-bond acceptors (Lipinski definition) is 4. The third-order valence-electron chi connectivity index (χ3n) is 3.37. The van der Waals surface area contributed by atoms with Crippen LogP contribution < -0.4 is 10.1 Å². The van der Waals surface area contributed by atoms with Crippen molar-refractivity contribution in [2.24, 2.45) is 5.92 Å². The van der Waals surface area contributed by atoms with Crippen molar-refractivity contribution in [1.29, 1.82) is 0 Å². The lowest BCUT2D eigenvalue weighted by molar-refractivity contribution is 0.144. The Kier molecular flexibility index (Phi) is 4.19. The predicted molar refractivity (Wildman–Crippen MR) is 77.9 cm³/mol. The fourth-order valence-electron chi connectivity index (χ4n) is 2.37. The molecule has 0 radical (unpaired) electrons. The topological polar surface area (TPSA) is 34.1 Å². The molecule has 0 amide bonds. The van der Waals surface area contributed by atoms with Crippen LogP contribution in [0, 0.1) is 11.7 Å². The molecular formula is C14H14ClFN2OS. The first kappa shape index (κ1) is 13.8. The second-order valence-electron chi connectivity index (χ2n) is 4.74. The van der Waals surface area contributed by atoms with E-state index in [2.05, 4.69) is 10.3 Å². The first-order chi connectivity index (χ1) is 9.74. The molecule has 1 N–H and O–H groups in total. The lowest BCUT2D eigenvalue weighted by Crippen LogP contribution is -2.21. The molecular weight excluding hydrogens is 299 g/mol. The summed E-state index contributed by atoms with van der Waals surface area (Å²) < 4.78 is 19.1. The van der Waals surface area contributed by atoms with Gasteiger partial charge in [-0.05, 0) is 31.2 Å². The summed E-state index contributed by atoms with van der Waals surface area (Å²) in [6, 6.07) is 4.19. The molecule has 1 aliphatic rings. The maximum atomic E-state index is 13.1. The molecule has 1 unspecified atom stereocenters. The van der Waals surface area contributed by atoms with Gasteiger partial charge in [0.25, 0.3) is 0 Å². The van der Waals surface area contributed by atoms with Crippen LogP contribution in [-0.2, 0) is 0 Å². The summed E-state index contributed by atoms with van der Waals surface area (Å²) in [5.74, 6) is 0.484. The zero-order valence-corrected chi connectivity index (χ0v) is 12.3. The van der Waals surface area contributed by atoms with Gasteiger partial charge in [0.1, 0.15) is 16.6 Å². The number of hydrogen-bond donors (Lipinski definition) is 1. The zero-order valence-electron chi connectivity index (χ0n) is 10.7. The van der Waals surface area contributed by atoms with Crippen LogP contribution in [0.5, 0.6) is 5.75 Å². The first-order valence-corrected chi connectivity index (χ1v) is 7.71. The molecule has 2 aromatic rings. The van der Waals surface area contributed by atoms with E-state index in [4.69, 9.17) is 16.3 Å². The van der Waals surface area contributed by atoms with E-state index in [1.54, 1.807) is 23.6 Å². The van der Waals surface area contributed by atoms with Gasteiger partial charge in [-0.1, -0.05) is 11.6 Å². The molecule has 0 aliphatic carbocycles. The van der Waals surface area contributed by atoms with Gasteiger partial charge in [-0.25, -0.2) is 9.37 Å². The SMILES string of the molecule is Fc1ccc(OC(c2nccs2)[C@H]2CCNC2)c(Cl)c1. The van der Waals surface area contributed by atoms with Gasteiger partial charge in [0.15, 0.2) is 6.10 Å². The smallest absolute Gasteiger partial charge is 0.154 e. The second kappa shape index (κ2) is 6.08. The third kappa shape index (κ3) is 2.95. The lowest BCUT2D eigenvalue weighted by Gasteiger charge is -2.23. The van der Waals surface area contributed by atoms with Crippen LogP contribution in [-0.4, -0.2) is 18.1 Å². The Morgan fingerprint density at radius 1 is 1.50 bits per heavy atom. The minimum absolute atomic E-state index is 0.145. The van der Waals surface area contributed by atoms with Crippen LogP contribution in [0.4, 0.5) is 4.39 Å². The van der Waals surface area contributed by atoms with Gasteiger partial charge >= 0.3 is 0 Å². The molecule has 6 heteroatoms. The van der Waals surface area contributed by atoms with Crippen LogP contribution in [0.3, 0.4) is 0 Å². The van der Waals surface area contributed by atoms with Gasteiger partial charge in [-0.3, -0.25) is 0 Å². The van der Waals surface area contributed by atoms with Crippen molar-refractivity contribution in [2.75, 3.05) is 13.1 Å². The number of ether oxygens (including phenoxy) is 1. The zero-order chi connectivity index (χ0) is 13.9. The summed E-state index contributed by atoms with van der Waals surface area (Å²) in [6.07, 6.45) is 2.65. The lowest BCUT2D eigenvalue weighted by atomic mass is 10.0. The summed E-state index contributed by atoms with van der Waals surface area (Å²) in [7, 11) is 0. The summed E-state index contributed by atoms with van der Waals surface area (Å²) in [4.78, 5) is 4.35. The van der Waals surface area contributed by atoms with Gasteiger partial charge in [0.05, 0.1) is 5.02 Å². The summed E-state index contributed by atoms with van der Waals surface area (Å²) in [5, 5.41) is 6.48. The van der Waals surface area contributed by atoms with Crippen molar-refractivity contribution in [3.8, 4) is 5.75 Å². The maximum absolute atomic E-state index is 13.1. The number of rotatable bonds is 4. The maximum Gasteiger partial charge on any atom is 0.154 e. The van der Waals surface area contributed by atoms with E-state index in [1.165, 1.54) is 12.1 Å². The average Bonchev–Trinajstić information content (AvgIpc) is 3.11. The molecule has 3 rings (SSSR count). The number of aromatic nitrogens is 1. The molecule has 3 nitrogen and oxygen atoms in total. The van der Waals surface area contributed by atoms with E-state index in [1.807, 2.05) is 5.38 Å². The Morgan fingerprint density at radius 2 is 2.40 bits per heavy atom. The number of thiazole rings is 1. The van der Waals surface area contributed by atoms with E-state index in [9.17, 15) is 4.39 Å². The van der Waals surface area contributed by atoms with Crippen molar-refractivity contribution >= 4 is 22.9 Å². The number of benzene rings is 1. The Bertz CT molecular complexity index is 573. The van der Waals surface area contributed by atoms with Gasteiger partial charge in [0, 0.05) is 24.0 Å². The molecule has 1 aromatic carbocycles. The normalized spacial score (nSPS) is 20.0. The molecule has 0 spiro atoms.